The average Bonchev–Trinajstić information content (AvgIpc) is 2.34. The number of hydrogen-bond donors (Lipinski definition) is 1. The largest absolute Gasteiger partial charge is 0.356 e. The molecule has 0 aliphatic rings. The molecule has 0 saturated carbocycles. The van der Waals surface area contributed by atoms with E-state index >= 15 is 0 Å². The van der Waals surface area contributed by atoms with Crippen LogP contribution in [0.1, 0.15) is 24.8 Å². The van der Waals surface area contributed by atoms with Crippen molar-refractivity contribution in [2.45, 2.75) is 25.7 Å². The van der Waals surface area contributed by atoms with Crippen LogP contribution in [0.2, 0.25) is 10.0 Å². The van der Waals surface area contributed by atoms with E-state index in [2.05, 4.69) is 5.32 Å². The Morgan fingerprint density at radius 2 is 1.89 bits per heavy atom. The van der Waals surface area contributed by atoms with Crippen LogP contribution in [0.15, 0.2) is 18.2 Å². The van der Waals surface area contributed by atoms with E-state index in [1.54, 1.807) is 18.2 Å². The molecule has 0 saturated heterocycles. The van der Waals surface area contributed by atoms with Crippen LogP contribution in [0, 0.1) is 0 Å². The first-order valence-corrected chi connectivity index (χ1v) is 7.19. The van der Waals surface area contributed by atoms with E-state index < -0.39 is 0 Å². The van der Waals surface area contributed by atoms with Crippen LogP contribution in [0.4, 0.5) is 0 Å². The van der Waals surface area contributed by atoms with Gasteiger partial charge in [0.05, 0.1) is 16.5 Å². The first kappa shape index (κ1) is 15.6. The summed E-state index contributed by atoms with van der Waals surface area (Å²) in [5.74, 6) is 0.677. The van der Waals surface area contributed by atoms with Crippen molar-refractivity contribution >= 4 is 40.7 Å². The summed E-state index contributed by atoms with van der Waals surface area (Å²) in [6, 6.07) is 5.23. The standard InChI is InChI=1S/C13H16Cl3NO/c14-6-2-1-3-7-17-13(18)9-10-4-5-11(15)12(16)8-10/h4-5,8H,1-3,6-7,9H2,(H,17,18). The topological polar surface area (TPSA) is 29.1 Å². The molecule has 5 heteroatoms. The summed E-state index contributed by atoms with van der Waals surface area (Å²) in [5.41, 5.74) is 0.864. The Labute approximate surface area is 123 Å². The Morgan fingerprint density at radius 1 is 1.11 bits per heavy atom. The van der Waals surface area contributed by atoms with Crippen LogP contribution >= 0.6 is 34.8 Å². The summed E-state index contributed by atoms with van der Waals surface area (Å²) in [6.45, 7) is 0.692. The van der Waals surface area contributed by atoms with Gasteiger partial charge in [0, 0.05) is 12.4 Å². The second-order valence-corrected chi connectivity index (χ2v) is 5.22. The number of halogens is 3. The number of amides is 1. The summed E-state index contributed by atoms with van der Waals surface area (Å²) >= 11 is 17.3. The van der Waals surface area contributed by atoms with E-state index in [9.17, 15) is 4.79 Å². The van der Waals surface area contributed by atoms with E-state index in [1.165, 1.54) is 0 Å². The van der Waals surface area contributed by atoms with E-state index in [0.717, 1.165) is 24.8 Å². The minimum atomic E-state index is -0.000683. The number of alkyl halides is 1. The van der Waals surface area contributed by atoms with Gasteiger partial charge in [-0.3, -0.25) is 4.79 Å². The van der Waals surface area contributed by atoms with Crippen molar-refractivity contribution in [2.24, 2.45) is 0 Å². The first-order chi connectivity index (χ1) is 8.63. The first-order valence-electron chi connectivity index (χ1n) is 5.90. The maximum atomic E-state index is 11.6. The van der Waals surface area contributed by atoms with Gasteiger partial charge in [-0.05, 0) is 30.5 Å². The van der Waals surface area contributed by atoms with Crippen molar-refractivity contribution in [3.8, 4) is 0 Å². The Kier molecular flexibility index (Phi) is 7.48. The lowest BCUT2D eigenvalue weighted by atomic mass is 10.1. The highest BCUT2D eigenvalue weighted by Gasteiger charge is 2.05. The second-order valence-electron chi connectivity index (χ2n) is 4.02. The smallest absolute Gasteiger partial charge is 0.224 e. The van der Waals surface area contributed by atoms with Crippen LogP contribution < -0.4 is 5.32 Å². The molecule has 0 spiro atoms. The van der Waals surface area contributed by atoms with E-state index in [1.807, 2.05) is 0 Å². The monoisotopic (exact) mass is 307 g/mol. The Bertz CT molecular complexity index is 396. The van der Waals surface area contributed by atoms with Gasteiger partial charge < -0.3 is 5.32 Å². The van der Waals surface area contributed by atoms with Gasteiger partial charge in [0.25, 0.3) is 0 Å². The molecule has 0 bridgehead atoms. The number of carbonyl (C=O) groups excluding carboxylic acids is 1. The molecule has 0 aliphatic heterocycles. The van der Waals surface area contributed by atoms with Crippen LogP contribution in [0.5, 0.6) is 0 Å². The lowest BCUT2D eigenvalue weighted by Gasteiger charge is -2.05. The normalized spacial score (nSPS) is 10.4. The number of hydrogen-bond acceptors (Lipinski definition) is 1. The lowest BCUT2D eigenvalue weighted by Crippen LogP contribution is -2.26. The predicted molar refractivity (Wildman–Crippen MR) is 77.7 cm³/mol. The third-order valence-corrected chi connectivity index (χ3v) is 3.49. The van der Waals surface area contributed by atoms with Crippen molar-refractivity contribution in [3.63, 3.8) is 0 Å². The van der Waals surface area contributed by atoms with Gasteiger partial charge in [-0.2, -0.15) is 0 Å². The fourth-order valence-corrected chi connectivity index (χ4v) is 2.03. The molecule has 0 fully saturated rings. The zero-order valence-electron chi connectivity index (χ0n) is 10.0. The summed E-state index contributed by atoms with van der Waals surface area (Å²) < 4.78 is 0. The van der Waals surface area contributed by atoms with Crippen LogP contribution in [0.25, 0.3) is 0 Å². The van der Waals surface area contributed by atoms with Crippen molar-refractivity contribution in [1.82, 2.24) is 5.32 Å². The molecule has 1 N–H and O–H groups in total. The fraction of sp³-hybridized carbons (Fsp3) is 0.462. The molecule has 2 nitrogen and oxygen atoms in total. The molecule has 100 valence electrons. The zero-order valence-corrected chi connectivity index (χ0v) is 12.3. The fourth-order valence-electron chi connectivity index (χ4n) is 1.52. The van der Waals surface area contributed by atoms with E-state index in [0.29, 0.717) is 28.9 Å². The minimum absolute atomic E-state index is 0.000683. The molecule has 18 heavy (non-hydrogen) atoms. The highest BCUT2D eigenvalue weighted by molar-refractivity contribution is 6.42. The second kappa shape index (κ2) is 8.63. The van der Waals surface area contributed by atoms with Crippen LogP contribution in [0.3, 0.4) is 0 Å². The molecule has 1 amide bonds. The summed E-state index contributed by atoms with van der Waals surface area (Å²) in [4.78, 5) is 11.6. The molecule has 0 atom stereocenters. The predicted octanol–water partition coefficient (Wildman–Crippen LogP) is 4.06. The summed E-state index contributed by atoms with van der Waals surface area (Å²) in [5, 5.41) is 3.84. The number of carbonyl (C=O) groups is 1. The molecule has 0 unspecified atom stereocenters. The van der Waals surface area contributed by atoms with Crippen LogP contribution in [-0.2, 0) is 11.2 Å². The lowest BCUT2D eigenvalue weighted by molar-refractivity contribution is -0.120. The van der Waals surface area contributed by atoms with Crippen molar-refractivity contribution in [2.75, 3.05) is 12.4 Å². The quantitative estimate of drug-likeness (QED) is 0.597. The van der Waals surface area contributed by atoms with Gasteiger partial charge in [0.15, 0.2) is 0 Å². The third-order valence-electron chi connectivity index (χ3n) is 2.48. The molecule has 0 radical (unpaired) electrons. The van der Waals surface area contributed by atoms with E-state index in [4.69, 9.17) is 34.8 Å². The van der Waals surface area contributed by atoms with Gasteiger partial charge in [-0.15, -0.1) is 11.6 Å². The number of nitrogens with one attached hydrogen (secondary N) is 1. The average molecular weight is 309 g/mol. The summed E-state index contributed by atoms with van der Waals surface area (Å²) in [6.07, 6.45) is 3.31. The number of unbranched alkanes of at least 4 members (excludes halogenated alkanes) is 2. The van der Waals surface area contributed by atoms with Crippen molar-refractivity contribution in [1.29, 1.82) is 0 Å². The molecule has 1 rings (SSSR count). The maximum Gasteiger partial charge on any atom is 0.224 e. The van der Waals surface area contributed by atoms with E-state index in [-0.39, 0.29) is 5.91 Å². The van der Waals surface area contributed by atoms with Crippen LogP contribution in [-0.4, -0.2) is 18.3 Å². The molecule has 0 heterocycles. The minimum Gasteiger partial charge on any atom is -0.356 e. The third kappa shape index (κ3) is 5.94. The number of benzene rings is 1. The molecule has 0 aromatic heterocycles. The van der Waals surface area contributed by atoms with Crippen molar-refractivity contribution in [3.05, 3.63) is 33.8 Å². The van der Waals surface area contributed by atoms with Crippen molar-refractivity contribution < 1.29 is 4.79 Å². The zero-order chi connectivity index (χ0) is 13.4. The van der Waals surface area contributed by atoms with Gasteiger partial charge >= 0.3 is 0 Å². The Hall–Kier alpha value is -0.440. The maximum absolute atomic E-state index is 11.6. The van der Waals surface area contributed by atoms with Gasteiger partial charge in [0.1, 0.15) is 0 Å². The molecule has 1 aromatic carbocycles. The van der Waals surface area contributed by atoms with Gasteiger partial charge in [0.2, 0.25) is 5.91 Å². The van der Waals surface area contributed by atoms with Gasteiger partial charge in [-0.25, -0.2) is 0 Å². The van der Waals surface area contributed by atoms with Gasteiger partial charge in [-0.1, -0.05) is 35.7 Å². The molecule has 1 aromatic rings. The molecule has 0 aliphatic carbocycles. The summed E-state index contributed by atoms with van der Waals surface area (Å²) in [7, 11) is 0. The highest BCUT2D eigenvalue weighted by atomic mass is 35.5. The Morgan fingerprint density at radius 3 is 2.56 bits per heavy atom. The SMILES string of the molecule is O=C(Cc1ccc(Cl)c(Cl)c1)NCCCCCCl. The Balaban J connectivity index is 2.29. The highest BCUT2D eigenvalue weighted by Crippen LogP contribution is 2.22. The molecular formula is C13H16Cl3NO. The number of rotatable bonds is 7. The molecular weight excluding hydrogens is 293 g/mol.